The van der Waals surface area contributed by atoms with Gasteiger partial charge in [-0.25, -0.2) is 12.8 Å². The van der Waals surface area contributed by atoms with Gasteiger partial charge in [0.05, 0.1) is 16.0 Å². The number of sulfone groups is 1. The van der Waals surface area contributed by atoms with Crippen LogP contribution >= 0.6 is 0 Å². The van der Waals surface area contributed by atoms with E-state index in [-0.39, 0.29) is 21.8 Å². The maximum Gasteiger partial charge on any atom is 0.177 e. The number of hydrogen-bond acceptors (Lipinski definition) is 4. The van der Waals surface area contributed by atoms with E-state index in [0.29, 0.717) is 30.6 Å². The molecular weight excluding hydrogens is 319 g/mol. The van der Waals surface area contributed by atoms with Crippen molar-refractivity contribution in [3.8, 4) is 11.8 Å². The van der Waals surface area contributed by atoms with Crippen LogP contribution in [0.4, 0.5) is 4.39 Å². The number of hydrogen-bond donors (Lipinski definition) is 0. The highest BCUT2D eigenvalue weighted by Crippen LogP contribution is 2.32. The molecule has 1 aliphatic rings. The molecule has 1 aromatic carbocycles. The lowest BCUT2D eigenvalue weighted by Crippen LogP contribution is -2.14. The highest BCUT2D eigenvalue weighted by Gasteiger charge is 2.30. The molecule has 0 saturated carbocycles. The van der Waals surface area contributed by atoms with Gasteiger partial charge < -0.3 is 4.57 Å². The van der Waals surface area contributed by atoms with Gasteiger partial charge in [0.1, 0.15) is 11.9 Å². The summed E-state index contributed by atoms with van der Waals surface area (Å²) in [6.07, 6.45) is 3.94. The Kier molecular flexibility index (Phi) is 3.57. The number of benzene rings is 1. The van der Waals surface area contributed by atoms with E-state index >= 15 is 0 Å². The molecule has 0 unspecified atom stereocenters. The lowest BCUT2D eigenvalue weighted by Gasteiger charge is -2.15. The second-order valence-corrected chi connectivity index (χ2v) is 7.49. The summed E-state index contributed by atoms with van der Waals surface area (Å²) in [7, 11) is -3.57. The van der Waals surface area contributed by atoms with E-state index in [1.807, 2.05) is 0 Å². The predicted molar refractivity (Wildman–Crippen MR) is 80.8 cm³/mol. The SMILES string of the molecule is CS(=O)(=O)c1cn(-c2ccc(F)c(C#N)c2)c2c1C(=O)CCC2. The molecule has 0 saturated heterocycles. The fourth-order valence-corrected chi connectivity index (χ4v) is 3.77. The van der Waals surface area contributed by atoms with Crippen molar-refractivity contribution in [2.24, 2.45) is 0 Å². The molecule has 1 aliphatic carbocycles. The van der Waals surface area contributed by atoms with Crippen molar-refractivity contribution < 1.29 is 17.6 Å². The van der Waals surface area contributed by atoms with Crippen LogP contribution in [0.2, 0.25) is 0 Å². The Labute approximate surface area is 132 Å². The number of nitrogens with zero attached hydrogens (tertiary/aromatic N) is 2. The Balaban J connectivity index is 2.30. The number of fused-ring (bicyclic) bond motifs is 1. The zero-order valence-electron chi connectivity index (χ0n) is 12.3. The second-order valence-electron chi connectivity index (χ2n) is 5.51. The Morgan fingerprint density at radius 1 is 1.30 bits per heavy atom. The first-order chi connectivity index (χ1) is 10.8. The van der Waals surface area contributed by atoms with E-state index in [1.54, 1.807) is 10.6 Å². The van der Waals surface area contributed by atoms with Crippen LogP contribution in [0.3, 0.4) is 0 Å². The third-order valence-corrected chi connectivity index (χ3v) is 5.02. The molecule has 7 heteroatoms. The molecule has 23 heavy (non-hydrogen) atoms. The molecule has 0 fully saturated rings. The quantitative estimate of drug-likeness (QED) is 0.846. The second kappa shape index (κ2) is 5.32. The van der Waals surface area contributed by atoms with Crippen molar-refractivity contribution in [1.29, 1.82) is 5.26 Å². The number of ketones is 1. The van der Waals surface area contributed by atoms with E-state index in [9.17, 15) is 17.6 Å². The standard InChI is InChI=1S/C16H13FN2O3S/c1-23(21,22)15-9-19(13-3-2-4-14(20)16(13)15)11-5-6-12(17)10(7-11)8-18/h5-7,9H,2-4H2,1H3. The summed E-state index contributed by atoms with van der Waals surface area (Å²) in [4.78, 5) is 12.2. The highest BCUT2D eigenvalue weighted by atomic mass is 32.2. The Morgan fingerprint density at radius 2 is 2.04 bits per heavy atom. The van der Waals surface area contributed by atoms with Gasteiger partial charge in [-0.2, -0.15) is 5.26 Å². The smallest absolute Gasteiger partial charge is 0.177 e. The average molecular weight is 332 g/mol. The average Bonchev–Trinajstić information content (AvgIpc) is 2.89. The van der Waals surface area contributed by atoms with E-state index in [0.717, 1.165) is 12.3 Å². The van der Waals surface area contributed by atoms with Gasteiger partial charge in [0.15, 0.2) is 15.6 Å². The van der Waals surface area contributed by atoms with Crippen molar-refractivity contribution in [1.82, 2.24) is 4.57 Å². The Morgan fingerprint density at radius 3 is 2.70 bits per heavy atom. The maximum absolute atomic E-state index is 13.5. The summed E-state index contributed by atoms with van der Waals surface area (Å²) < 4.78 is 39.1. The molecule has 1 heterocycles. The number of Topliss-reactive ketones (excluding diaryl/α,β-unsaturated/α-hetero) is 1. The Bertz CT molecular complexity index is 968. The predicted octanol–water partition coefficient (Wildman–Crippen LogP) is 2.41. The van der Waals surface area contributed by atoms with Crippen LogP contribution in [0.5, 0.6) is 0 Å². The Hall–Kier alpha value is -2.46. The number of carbonyl (C=O) groups is 1. The highest BCUT2D eigenvalue weighted by molar-refractivity contribution is 7.90. The number of nitriles is 1. The van der Waals surface area contributed by atoms with Gasteiger partial charge in [-0.05, 0) is 31.0 Å². The third-order valence-electron chi connectivity index (χ3n) is 3.92. The third kappa shape index (κ3) is 2.55. The molecule has 2 aromatic rings. The van der Waals surface area contributed by atoms with E-state index in [2.05, 4.69) is 0 Å². The van der Waals surface area contributed by atoms with Crippen LogP contribution in [-0.2, 0) is 16.3 Å². The molecule has 0 bridgehead atoms. The van der Waals surface area contributed by atoms with Crippen LogP contribution in [0.25, 0.3) is 5.69 Å². The zero-order valence-corrected chi connectivity index (χ0v) is 13.2. The van der Waals surface area contributed by atoms with Gasteiger partial charge in [0.25, 0.3) is 0 Å². The first kappa shape index (κ1) is 15.4. The van der Waals surface area contributed by atoms with Crippen molar-refractivity contribution in [3.05, 3.63) is 47.0 Å². The summed E-state index contributed by atoms with van der Waals surface area (Å²) in [6.45, 7) is 0. The van der Waals surface area contributed by atoms with Crippen molar-refractivity contribution in [3.63, 3.8) is 0 Å². The molecular formula is C16H13FN2O3S. The summed E-state index contributed by atoms with van der Waals surface area (Å²) in [5.41, 5.74) is 1.15. The van der Waals surface area contributed by atoms with Crippen molar-refractivity contribution >= 4 is 15.6 Å². The fraction of sp³-hybridized carbons (Fsp3) is 0.250. The fourth-order valence-electron chi connectivity index (χ4n) is 2.87. The van der Waals surface area contributed by atoms with Gasteiger partial charge in [-0.15, -0.1) is 0 Å². The van der Waals surface area contributed by atoms with Gasteiger partial charge >= 0.3 is 0 Å². The lowest BCUT2D eigenvalue weighted by molar-refractivity contribution is 0.0969. The summed E-state index contributed by atoms with van der Waals surface area (Å²) >= 11 is 0. The van der Waals surface area contributed by atoms with Gasteiger partial charge in [0, 0.05) is 30.3 Å². The molecule has 3 rings (SSSR count). The number of carbonyl (C=O) groups excluding carboxylic acids is 1. The zero-order chi connectivity index (χ0) is 16.8. The molecule has 5 nitrogen and oxygen atoms in total. The maximum atomic E-state index is 13.5. The minimum atomic E-state index is -3.57. The summed E-state index contributed by atoms with van der Waals surface area (Å²) in [5, 5.41) is 8.96. The minimum absolute atomic E-state index is 0.0139. The first-order valence-electron chi connectivity index (χ1n) is 7.00. The molecule has 0 atom stereocenters. The van der Waals surface area contributed by atoms with Gasteiger partial charge in [-0.3, -0.25) is 4.79 Å². The summed E-state index contributed by atoms with van der Waals surface area (Å²) in [6, 6.07) is 5.72. The molecule has 0 amide bonds. The van der Waals surface area contributed by atoms with Gasteiger partial charge in [0.2, 0.25) is 0 Å². The molecule has 1 aromatic heterocycles. The monoisotopic (exact) mass is 332 g/mol. The largest absolute Gasteiger partial charge is 0.319 e. The lowest BCUT2D eigenvalue weighted by atomic mass is 9.96. The molecule has 118 valence electrons. The van der Waals surface area contributed by atoms with Crippen molar-refractivity contribution in [2.45, 2.75) is 24.2 Å². The van der Waals surface area contributed by atoms with E-state index in [4.69, 9.17) is 5.26 Å². The summed E-state index contributed by atoms with van der Waals surface area (Å²) in [5.74, 6) is -0.843. The van der Waals surface area contributed by atoms with Crippen LogP contribution < -0.4 is 0 Å². The number of halogens is 1. The number of rotatable bonds is 2. The first-order valence-corrected chi connectivity index (χ1v) is 8.89. The van der Waals surface area contributed by atoms with Gasteiger partial charge in [-0.1, -0.05) is 0 Å². The van der Waals surface area contributed by atoms with Crippen LogP contribution in [0.15, 0.2) is 29.3 Å². The van der Waals surface area contributed by atoms with E-state index in [1.165, 1.54) is 18.3 Å². The molecule has 0 N–H and O–H groups in total. The minimum Gasteiger partial charge on any atom is -0.319 e. The number of aromatic nitrogens is 1. The molecule has 0 aliphatic heterocycles. The molecule has 0 radical (unpaired) electrons. The van der Waals surface area contributed by atoms with Crippen molar-refractivity contribution in [2.75, 3.05) is 6.26 Å². The van der Waals surface area contributed by atoms with Crippen LogP contribution in [0.1, 0.15) is 34.5 Å². The normalized spacial score (nSPS) is 14.4. The van der Waals surface area contributed by atoms with Crippen LogP contribution in [0, 0.1) is 17.1 Å². The van der Waals surface area contributed by atoms with Crippen LogP contribution in [-0.4, -0.2) is 25.0 Å². The molecule has 0 spiro atoms. The van der Waals surface area contributed by atoms with E-state index < -0.39 is 15.7 Å². The topological polar surface area (TPSA) is 79.9 Å².